The van der Waals surface area contributed by atoms with Crippen molar-refractivity contribution in [2.75, 3.05) is 20.6 Å². The van der Waals surface area contributed by atoms with Gasteiger partial charge in [0.1, 0.15) is 0 Å². The van der Waals surface area contributed by atoms with Crippen molar-refractivity contribution in [3.8, 4) is 5.69 Å². The van der Waals surface area contributed by atoms with Gasteiger partial charge in [-0.1, -0.05) is 30.3 Å². The van der Waals surface area contributed by atoms with Crippen LogP contribution in [0.25, 0.3) is 5.69 Å². The first-order chi connectivity index (χ1) is 12.1. The van der Waals surface area contributed by atoms with Crippen molar-refractivity contribution in [1.29, 1.82) is 0 Å². The number of hydrogen-bond donors (Lipinski definition) is 1. The Labute approximate surface area is 148 Å². The zero-order chi connectivity index (χ0) is 17.6. The van der Waals surface area contributed by atoms with E-state index in [4.69, 9.17) is 0 Å². The second kappa shape index (κ2) is 7.81. The minimum atomic E-state index is -0.0539. The number of hydrogen-bond acceptors (Lipinski definition) is 2. The molecule has 0 spiro atoms. The van der Waals surface area contributed by atoms with Crippen molar-refractivity contribution in [2.45, 2.75) is 6.04 Å². The van der Waals surface area contributed by atoms with Gasteiger partial charge in [0.05, 0.1) is 6.04 Å². The molecule has 4 nitrogen and oxygen atoms in total. The van der Waals surface area contributed by atoms with E-state index in [1.165, 1.54) is 5.56 Å². The lowest BCUT2D eigenvalue weighted by molar-refractivity contribution is 0.0942. The van der Waals surface area contributed by atoms with Crippen LogP contribution >= 0.6 is 0 Å². The maximum Gasteiger partial charge on any atom is 0.251 e. The van der Waals surface area contributed by atoms with Gasteiger partial charge in [0.2, 0.25) is 0 Å². The molecule has 0 fully saturated rings. The molecule has 25 heavy (non-hydrogen) atoms. The lowest BCUT2D eigenvalue weighted by atomic mass is 10.1. The summed E-state index contributed by atoms with van der Waals surface area (Å²) in [5, 5.41) is 3.05. The molecule has 3 aromatic rings. The van der Waals surface area contributed by atoms with E-state index in [1.54, 1.807) is 0 Å². The molecule has 1 atom stereocenters. The zero-order valence-corrected chi connectivity index (χ0v) is 14.6. The lowest BCUT2D eigenvalue weighted by Gasteiger charge is -2.25. The normalized spacial score (nSPS) is 12.1. The molecule has 2 aromatic carbocycles. The summed E-state index contributed by atoms with van der Waals surface area (Å²) >= 11 is 0. The van der Waals surface area contributed by atoms with Crippen LogP contribution in [0.3, 0.4) is 0 Å². The molecule has 0 aliphatic carbocycles. The largest absolute Gasteiger partial charge is 0.350 e. The van der Waals surface area contributed by atoms with E-state index in [9.17, 15) is 4.79 Å². The standard InChI is InChI=1S/C21H23N3O/c1-23(2)20(17-8-4-3-5-9-17)16-22-21(25)18-10-12-19(13-11-18)24-14-6-7-15-24/h3-15,20H,16H2,1-2H3,(H,22,25). The second-order valence-corrected chi connectivity index (χ2v) is 6.24. The molecular weight excluding hydrogens is 310 g/mol. The third kappa shape index (κ3) is 4.17. The Morgan fingerprint density at radius 3 is 2.20 bits per heavy atom. The molecule has 1 N–H and O–H groups in total. The van der Waals surface area contributed by atoms with E-state index in [1.807, 2.05) is 85.7 Å². The quantitative estimate of drug-likeness (QED) is 0.749. The maximum atomic E-state index is 12.5. The molecule has 1 aromatic heterocycles. The number of carbonyl (C=O) groups is 1. The number of nitrogens with zero attached hydrogens (tertiary/aromatic N) is 2. The summed E-state index contributed by atoms with van der Waals surface area (Å²) in [5.41, 5.74) is 2.90. The Morgan fingerprint density at radius 1 is 0.960 bits per heavy atom. The predicted octanol–water partition coefficient (Wildman–Crippen LogP) is 3.51. The van der Waals surface area contributed by atoms with E-state index < -0.39 is 0 Å². The molecule has 0 aliphatic rings. The highest BCUT2D eigenvalue weighted by Gasteiger charge is 2.15. The predicted molar refractivity (Wildman–Crippen MR) is 101 cm³/mol. The molecule has 0 saturated heterocycles. The van der Waals surface area contributed by atoms with Gasteiger partial charge >= 0.3 is 0 Å². The first kappa shape index (κ1) is 17.0. The summed E-state index contributed by atoms with van der Waals surface area (Å²) in [6, 6.07) is 21.9. The van der Waals surface area contributed by atoms with Crippen LogP contribution in [0.5, 0.6) is 0 Å². The summed E-state index contributed by atoms with van der Waals surface area (Å²) in [6.07, 6.45) is 3.97. The molecule has 0 radical (unpaired) electrons. The number of rotatable bonds is 6. The van der Waals surface area contributed by atoms with Crippen molar-refractivity contribution >= 4 is 5.91 Å². The van der Waals surface area contributed by atoms with Crippen LogP contribution in [0, 0.1) is 0 Å². The fourth-order valence-corrected chi connectivity index (χ4v) is 2.86. The number of benzene rings is 2. The molecular formula is C21H23N3O. The average Bonchev–Trinajstić information content (AvgIpc) is 3.17. The highest BCUT2D eigenvalue weighted by molar-refractivity contribution is 5.94. The van der Waals surface area contributed by atoms with E-state index in [2.05, 4.69) is 22.3 Å². The van der Waals surface area contributed by atoms with Crippen LogP contribution in [0.2, 0.25) is 0 Å². The van der Waals surface area contributed by atoms with Gasteiger partial charge in [-0.15, -0.1) is 0 Å². The molecule has 1 amide bonds. The highest BCUT2D eigenvalue weighted by Crippen LogP contribution is 2.17. The fraction of sp³-hybridized carbons (Fsp3) is 0.190. The molecule has 4 heteroatoms. The van der Waals surface area contributed by atoms with Gasteiger partial charge in [-0.05, 0) is 56.1 Å². The van der Waals surface area contributed by atoms with Gasteiger partial charge in [0.15, 0.2) is 0 Å². The van der Waals surface area contributed by atoms with Crippen LogP contribution in [-0.2, 0) is 0 Å². The van der Waals surface area contributed by atoms with E-state index in [-0.39, 0.29) is 11.9 Å². The summed E-state index contributed by atoms with van der Waals surface area (Å²) in [6.45, 7) is 0.565. The molecule has 0 saturated carbocycles. The summed E-state index contributed by atoms with van der Waals surface area (Å²) < 4.78 is 2.01. The molecule has 0 bridgehead atoms. The molecule has 128 valence electrons. The van der Waals surface area contributed by atoms with Gasteiger partial charge in [-0.25, -0.2) is 0 Å². The minimum Gasteiger partial charge on any atom is -0.350 e. The Bertz CT molecular complexity index is 793. The molecule has 0 aliphatic heterocycles. The SMILES string of the molecule is CN(C)C(CNC(=O)c1ccc(-n2cccc2)cc1)c1ccccc1. The Kier molecular flexibility index (Phi) is 5.31. The van der Waals surface area contributed by atoms with Crippen LogP contribution in [0.15, 0.2) is 79.1 Å². The summed E-state index contributed by atoms with van der Waals surface area (Å²) in [5.74, 6) is -0.0539. The van der Waals surface area contributed by atoms with Gasteiger partial charge in [0.25, 0.3) is 5.91 Å². The number of nitrogens with one attached hydrogen (secondary N) is 1. The Morgan fingerprint density at radius 2 is 1.60 bits per heavy atom. The molecule has 1 heterocycles. The van der Waals surface area contributed by atoms with Crippen molar-refractivity contribution in [3.05, 3.63) is 90.3 Å². The second-order valence-electron chi connectivity index (χ2n) is 6.24. The van der Waals surface area contributed by atoms with Crippen LogP contribution in [0.1, 0.15) is 22.0 Å². The van der Waals surface area contributed by atoms with Gasteiger partial charge in [-0.2, -0.15) is 0 Å². The summed E-state index contributed by atoms with van der Waals surface area (Å²) in [7, 11) is 4.05. The lowest BCUT2D eigenvalue weighted by Crippen LogP contribution is -2.34. The Balaban J connectivity index is 1.65. The number of amides is 1. The van der Waals surface area contributed by atoms with E-state index in [0.717, 1.165) is 5.69 Å². The number of carbonyl (C=O) groups excluding carboxylic acids is 1. The van der Waals surface area contributed by atoms with E-state index >= 15 is 0 Å². The van der Waals surface area contributed by atoms with Crippen molar-refractivity contribution < 1.29 is 4.79 Å². The Hall–Kier alpha value is -2.85. The topological polar surface area (TPSA) is 37.3 Å². The smallest absolute Gasteiger partial charge is 0.251 e. The van der Waals surface area contributed by atoms with Gasteiger partial charge in [0, 0.05) is 30.2 Å². The fourth-order valence-electron chi connectivity index (χ4n) is 2.86. The maximum absolute atomic E-state index is 12.5. The third-order valence-corrected chi connectivity index (χ3v) is 4.30. The average molecular weight is 333 g/mol. The first-order valence-electron chi connectivity index (χ1n) is 8.38. The van der Waals surface area contributed by atoms with Crippen LogP contribution in [-0.4, -0.2) is 36.0 Å². The van der Waals surface area contributed by atoms with Crippen LogP contribution in [0.4, 0.5) is 0 Å². The highest BCUT2D eigenvalue weighted by atomic mass is 16.1. The summed E-state index contributed by atoms with van der Waals surface area (Å²) in [4.78, 5) is 14.6. The van der Waals surface area contributed by atoms with Crippen molar-refractivity contribution in [1.82, 2.24) is 14.8 Å². The molecule has 3 rings (SSSR count). The first-order valence-corrected chi connectivity index (χ1v) is 8.38. The van der Waals surface area contributed by atoms with Gasteiger partial charge in [-0.3, -0.25) is 4.79 Å². The molecule has 1 unspecified atom stereocenters. The number of likely N-dealkylation sites (N-methyl/N-ethyl adjacent to an activating group) is 1. The minimum absolute atomic E-state index is 0.0539. The van der Waals surface area contributed by atoms with Crippen molar-refractivity contribution in [3.63, 3.8) is 0 Å². The monoisotopic (exact) mass is 333 g/mol. The van der Waals surface area contributed by atoms with E-state index in [0.29, 0.717) is 12.1 Å². The zero-order valence-electron chi connectivity index (χ0n) is 14.6. The van der Waals surface area contributed by atoms with Crippen molar-refractivity contribution in [2.24, 2.45) is 0 Å². The van der Waals surface area contributed by atoms with Crippen LogP contribution < -0.4 is 5.32 Å². The third-order valence-electron chi connectivity index (χ3n) is 4.30. The van der Waals surface area contributed by atoms with Gasteiger partial charge < -0.3 is 14.8 Å². The number of aromatic nitrogens is 1.